The Morgan fingerprint density at radius 2 is 1.92 bits per heavy atom. The number of carbonyl (C=O) groups excluding carboxylic acids is 1. The quantitative estimate of drug-likeness (QED) is 0.779. The third kappa shape index (κ3) is 4.37. The first-order valence-corrected chi connectivity index (χ1v) is 9.44. The summed E-state index contributed by atoms with van der Waals surface area (Å²) in [7, 11) is 0. The number of hydrogen-bond acceptors (Lipinski definition) is 2. The molecule has 2 aromatic rings. The highest BCUT2D eigenvalue weighted by Crippen LogP contribution is 2.32. The molecule has 2 aromatic carbocycles. The fraction of sp³-hybridized carbons (Fsp3) is 0.409. The molecule has 0 aliphatic carbocycles. The molecule has 3 rings (SSSR count). The normalized spacial score (nSPS) is 16.7. The number of phenols is 1. The molecule has 26 heavy (non-hydrogen) atoms. The Morgan fingerprint density at radius 1 is 1.15 bits per heavy atom. The van der Waals surface area contributed by atoms with Crippen LogP contribution in [-0.2, 0) is 6.42 Å². The van der Waals surface area contributed by atoms with Crippen molar-refractivity contribution in [3.63, 3.8) is 0 Å². The van der Waals surface area contributed by atoms with Crippen LogP contribution in [0.15, 0.2) is 42.5 Å². The lowest BCUT2D eigenvalue weighted by atomic mass is 9.99. The van der Waals surface area contributed by atoms with E-state index in [1.165, 1.54) is 22.3 Å². The molecule has 138 valence electrons. The predicted octanol–water partition coefficient (Wildman–Crippen LogP) is 4.49. The second-order valence-electron chi connectivity index (χ2n) is 7.20. The van der Waals surface area contributed by atoms with E-state index in [1.54, 1.807) is 12.1 Å². The maximum atomic E-state index is 12.6. The largest absolute Gasteiger partial charge is 0.508 e. The molecule has 0 spiro atoms. The molecule has 1 aliphatic heterocycles. The van der Waals surface area contributed by atoms with E-state index in [0.29, 0.717) is 6.54 Å². The Bertz CT molecular complexity index is 755. The number of phenolic OH excluding ortho intramolecular Hbond substituents is 1. The summed E-state index contributed by atoms with van der Waals surface area (Å²) in [5, 5.41) is 12.4. The summed E-state index contributed by atoms with van der Waals surface area (Å²) in [6, 6.07) is 14.0. The number of nitrogens with one attached hydrogen (secondary N) is 1. The molecule has 1 heterocycles. The first-order valence-electron chi connectivity index (χ1n) is 9.44. The molecule has 1 atom stereocenters. The fourth-order valence-corrected chi connectivity index (χ4v) is 3.58. The molecule has 4 nitrogen and oxygen atoms in total. The summed E-state index contributed by atoms with van der Waals surface area (Å²) < 4.78 is 0. The Labute approximate surface area is 155 Å². The maximum Gasteiger partial charge on any atom is 0.317 e. The SMILES string of the molecule is Cc1ccc(C2CCCN2C(=O)NCCCc2ccc(O)cc2)cc1C. The molecule has 1 unspecified atom stereocenters. The highest BCUT2D eigenvalue weighted by molar-refractivity contribution is 5.75. The van der Waals surface area contributed by atoms with Crippen molar-refractivity contribution in [3.8, 4) is 5.75 Å². The minimum absolute atomic E-state index is 0.0384. The lowest BCUT2D eigenvalue weighted by Crippen LogP contribution is -2.40. The van der Waals surface area contributed by atoms with Crippen LogP contribution in [0.5, 0.6) is 5.75 Å². The molecule has 0 bridgehead atoms. The number of aromatic hydroxyl groups is 1. The number of nitrogens with zero attached hydrogens (tertiary/aromatic N) is 1. The second-order valence-corrected chi connectivity index (χ2v) is 7.20. The van der Waals surface area contributed by atoms with Crippen molar-refractivity contribution in [2.24, 2.45) is 0 Å². The Morgan fingerprint density at radius 3 is 2.65 bits per heavy atom. The van der Waals surface area contributed by atoms with Crippen LogP contribution in [0.4, 0.5) is 4.79 Å². The molecular formula is C22H28N2O2. The van der Waals surface area contributed by atoms with E-state index in [2.05, 4.69) is 37.4 Å². The zero-order valence-corrected chi connectivity index (χ0v) is 15.7. The van der Waals surface area contributed by atoms with Crippen LogP contribution in [0.1, 0.15) is 47.6 Å². The van der Waals surface area contributed by atoms with Gasteiger partial charge in [0.15, 0.2) is 0 Å². The lowest BCUT2D eigenvalue weighted by Gasteiger charge is -2.26. The van der Waals surface area contributed by atoms with E-state index in [4.69, 9.17) is 0 Å². The summed E-state index contributed by atoms with van der Waals surface area (Å²) in [4.78, 5) is 14.6. The van der Waals surface area contributed by atoms with Gasteiger partial charge in [0.2, 0.25) is 0 Å². The summed E-state index contributed by atoms with van der Waals surface area (Å²) >= 11 is 0. The first kappa shape index (κ1) is 18.3. The zero-order valence-electron chi connectivity index (χ0n) is 15.7. The third-order valence-corrected chi connectivity index (χ3v) is 5.28. The van der Waals surface area contributed by atoms with Crippen LogP contribution < -0.4 is 5.32 Å². The summed E-state index contributed by atoms with van der Waals surface area (Å²) in [5.41, 5.74) is 4.98. The lowest BCUT2D eigenvalue weighted by molar-refractivity contribution is 0.193. The highest BCUT2D eigenvalue weighted by atomic mass is 16.3. The van der Waals surface area contributed by atoms with Crippen molar-refractivity contribution in [1.82, 2.24) is 10.2 Å². The van der Waals surface area contributed by atoms with Crippen molar-refractivity contribution in [1.29, 1.82) is 0 Å². The minimum atomic E-state index is 0.0384. The van der Waals surface area contributed by atoms with Gasteiger partial charge in [0, 0.05) is 13.1 Å². The van der Waals surface area contributed by atoms with Crippen LogP contribution >= 0.6 is 0 Å². The van der Waals surface area contributed by atoms with E-state index in [1.807, 2.05) is 17.0 Å². The van der Waals surface area contributed by atoms with Gasteiger partial charge < -0.3 is 15.3 Å². The highest BCUT2D eigenvalue weighted by Gasteiger charge is 2.29. The zero-order chi connectivity index (χ0) is 18.5. The van der Waals surface area contributed by atoms with E-state index in [-0.39, 0.29) is 17.8 Å². The van der Waals surface area contributed by atoms with Gasteiger partial charge in [0.1, 0.15) is 5.75 Å². The van der Waals surface area contributed by atoms with Gasteiger partial charge in [-0.25, -0.2) is 4.79 Å². The molecule has 0 radical (unpaired) electrons. The van der Waals surface area contributed by atoms with Gasteiger partial charge in [0.25, 0.3) is 0 Å². The molecule has 2 N–H and O–H groups in total. The van der Waals surface area contributed by atoms with Crippen molar-refractivity contribution in [3.05, 3.63) is 64.7 Å². The molecule has 2 amide bonds. The van der Waals surface area contributed by atoms with Crippen LogP contribution in [0.3, 0.4) is 0 Å². The second kappa shape index (κ2) is 8.26. The summed E-state index contributed by atoms with van der Waals surface area (Å²) in [6.07, 6.45) is 3.86. The van der Waals surface area contributed by atoms with Crippen LogP contribution in [-0.4, -0.2) is 29.1 Å². The molecule has 1 aliphatic rings. The Hall–Kier alpha value is -2.49. The number of amides is 2. The van der Waals surface area contributed by atoms with E-state index < -0.39 is 0 Å². The number of carbonyl (C=O) groups is 1. The predicted molar refractivity (Wildman–Crippen MR) is 104 cm³/mol. The first-order chi connectivity index (χ1) is 12.5. The minimum Gasteiger partial charge on any atom is -0.508 e. The number of aryl methyl sites for hydroxylation is 3. The Kier molecular flexibility index (Phi) is 5.82. The monoisotopic (exact) mass is 352 g/mol. The summed E-state index contributed by atoms with van der Waals surface area (Å²) in [5.74, 6) is 0.286. The molecule has 1 saturated heterocycles. The van der Waals surface area contributed by atoms with Crippen LogP contribution in [0.25, 0.3) is 0 Å². The number of benzene rings is 2. The molecule has 1 fully saturated rings. The molecule has 0 saturated carbocycles. The van der Waals surface area contributed by atoms with Gasteiger partial charge in [-0.2, -0.15) is 0 Å². The van der Waals surface area contributed by atoms with E-state index >= 15 is 0 Å². The fourth-order valence-electron chi connectivity index (χ4n) is 3.58. The van der Waals surface area contributed by atoms with Gasteiger partial charge in [-0.3, -0.25) is 0 Å². The van der Waals surface area contributed by atoms with Crippen LogP contribution in [0.2, 0.25) is 0 Å². The molecule has 4 heteroatoms. The van der Waals surface area contributed by atoms with Crippen LogP contribution in [0, 0.1) is 13.8 Å². The average molecular weight is 352 g/mol. The van der Waals surface area contributed by atoms with Crippen molar-refractivity contribution in [2.75, 3.05) is 13.1 Å². The van der Waals surface area contributed by atoms with Crippen molar-refractivity contribution < 1.29 is 9.90 Å². The van der Waals surface area contributed by atoms with Crippen molar-refractivity contribution in [2.45, 2.75) is 45.6 Å². The topological polar surface area (TPSA) is 52.6 Å². The van der Waals surface area contributed by atoms with Gasteiger partial charge in [-0.1, -0.05) is 30.3 Å². The molecule has 0 aromatic heterocycles. The third-order valence-electron chi connectivity index (χ3n) is 5.28. The Balaban J connectivity index is 1.51. The number of rotatable bonds is 5. The van der Waals surface area contributed by atoms with E-state index in [0.717, 1.165) is 32.2 Å². The van der Waals surface area contributed by atoms with Gasteiger partial charge in [-0.15, -0.1) is 0 Å². The smallest absolute Gasteiger partial charge is 0.317 e. The number of likely N-dealkylation sites (tertiary alicyclic amines) is 1. The maximum absolute atomic E-state index is 12.6. The standard InChI is InChI=1S/C22H28N2O2/c1-16-7-10-19(15-17(16)2)21-6-4-14-24(21)22(26)23-13-3-5-18-8-11-20(25)12-9-18/h7-12,15,21,25H,3-6,13-14H2,1-2H3,(H,23,26). The number of hydrogen-bond donors (Lipinski definition) is 2. The van der Waals surface area contributed by atoms with Gasteiger partial charge >= 0.3 is 6.03 Å². The van der Waals surface area contributed by atoms with Gasteiger partial charge in [0.05, 0.1) is 6.04 Å². The van der Waals surface area contributed by atoms with E-state index in [9.17, 15) is 9.90 Å². The van der Waals surface area contributed by atoms with Crippen molar-refractivity contribution >= 4 is 6.03 Å². The number of urea groups is 1. The average Bonchev–Trinajstić information content (AvgIpc) is 3.12. The molecular weight excluding hydrogens is 324 g/mol. The summed E-state index contributed by atoms with van der Waals surface area (Å²) in [6.45, 7) is 5.73. The van der Waals surface area contributed by atoms with Gasteiger partial charge in [-0.05, 0) is 73.9 Å².